The third-order valence-electron chi connectivity index (χ3n) is 1.93. The van der Waals surface area contributed by atoms with Crippen LogP contribution in [0.3, 0.4) is 0 Å². The van der Waals surface area contributed by atoms with Crippen LogP contribution in [0.15, 0.2) is 29.2 Å². The first-order valence-electron chi connectivity index (χ1n) is 4.76. The fourth-order valence-corrected chi connectivity index (χ4v) is 1.92. The van der Waals surface area contributed by atoms with Gasteiger partial charge in [0.2, 0.25) is 0 Å². The maximum absolute atomic E-state index is 13.1. The third kappa shape index (κ3) is 2.92. The molecule has 102 valence electrons. The molecule has 0 saturated carbocycles. The van der Waals surface area contributed by atoms with E-state index < -0.39 is 27.2 Å². The molecule has 0 radical (unpaired) electrons. The predicted molar refractivity (Wildman–Crippen MR) is 56.5 cm³/mol. The van der Waals surface area contributed by atoms with E-state index in [0.717, 1.165) is 12.1 Å². The monoisotopic (exact) mass is 288 g/mol. The van der Waals surface area contributed by atoms with Gasteiger partial charge in [-0.25, -0.2) is 4.79 Å². The van der Waals surface area contributed by atoms with Crippen LogP contribution in [-0.2, 0) is 4.74 Å². The molecule has 0 bridgehead atoms. The molecule has 0 aliphatic heterocycles. The van der Waals surface area contributed by atoms with E-state index in [1.54, 1.807) is 0 Å². The number of halogens is 5. The molecular formula is C10H9F5O2S. The van der Waals surface area contributed by atoms with Crippen LogP contribution in [-0.4, -0.2) is 18.1 Å². The van der Waals surface area contributed by atoms with Crippen molar-refractivity contribution in [2.75, 3.05) is 6.61 Å². The summed E-state index contributed by atoms with van der Waals surface area (Å²) in [4.78, 5) is 10.0. The summed E-state index contributed by atoms with van der Waals surface area (Å²) in [5, 5.41) is 0. The SMILES string of the molecule is CCOC(=O)c1cccc(S(F)(F)C(F)(F)F)c1. The highest BCUT2D eigenvalue weighted by atomic mass is 32.3. The largest absolute Gasteiger partial charge is 0.482 e. The molecule has 1 aromatic rings. The van der Waals surface area contributed by atoms with Gasteiger partial charge in [-0.15, -0.1) is 7.77 Å². The molecule has 0 N–H and O–H groups in total. The Labute approximate surface area is 102 Å². The number of carbonyl (C=O) groups excluding carboxylic acids is 1. The lowest BCUT2D eigenvalue weighted by molar-refractivity contribution is -0.0464. The number of ether oxygens (including phenoxy) is 1. The van der Waals surface area contributed by atoms with E-state index in [1.807, 2.05) is 0 Å². The Bertz CT molecular complexity index is 444. The van der Waals surface area contributed by atoms with Crippen molar-refractivity contribution < 1.29 is 30.5 Å². The highest BCUT2D eigenvalue weighted by Crippen LogP contribution is 2.70. The molecule has 2 nitrogen and oxygen atoms in total. The average molecular weight is 288 g/mol. The van der Waals surface area contributed by atoms with Crippen molar-refractivity contribution in [2.45, 2.75) is 17.3 Å². The van der Waals surface area contributed by atoms with Gasteiger partial charge in [0.25, 0.3) is 0 Å². The zero-order valence-electron chi connectivity index (χ0n) is 9.13. The molecule has 0 amide bonds. The van der Waals surface area contributed by atoms with Gasteiger partial charge in [-0.1, -0.05) is 6.07 Å². The Hall–Kier alpha value is -1.31. The molecule has 0 unspecified atom stereocenters. The summed E-state index contributed by atoms with van der Waals surface area (Å²) in [6, 6.07) is 3.24. The van der Waals surface area contributed by atoms with Crippen molar-refractivity contribution in [3.05, 3.63) is 29.8 Å². The normalized spacial score (nSPS) is 13.2. The molecular weight excluding hydrogens is 279 g/mol. The van der Waals surface area contributed by atoms with Crippen molar-refractivity contribution in [3.8, 4) is 0 Å². The Morgan fingerprint density at radius 2 is 1.94 bits per heavy atom. The van der Waals surface area contributed by atoms with Crippen molar-refractivity contribution in [2.24, 2.45) is 0 Å². The van der Waals surface area contributed by atoms with Crippen LogP contribution < -0.4 is 0 Å². The smallest absolute Gasteiger partial charge is 0.462 e. The topological polar surface area (TPSA) is 26.3 Å². The van der Waals surface area contributed by atoms with Crippen molar-refractivity contribution in [1.82, 2.24) is 0 Å². The van der Waals surface area contributed by atoms with E-state index in [1.165, 1.54) is 6.92 Å². The Kier molecular flexibility index (Phi) is 4.20. The Morgan fingerprint density at radius 1 is 1.33 bits per heavy atom. The molecule has 0 heterocycles. The van der Waals surface area contributed by atoms with Crippen molar-refractivity contribution in [1.29, 1.82) is 0 Å². The number of esters is 1. The van der Waals surface area contributed by atoms with Gasteiger partial charge < -0.3 is 4.74 Å². The maximum Gasteiger partial charge on any atom is 0.482 e. The van der Waals surface area contributed by atoms with E-state index >= 15 is 0 Å². The van der Waals surface area contributed by atoms with Gasteiger partial charge in [0.1, 0.15) is 0 Å². The molecule has 8 heteroatoms. The second-order valence-corrected chi connectivity index (χ2v) is 5.04. The first-order chi connectivity index (χ1) is 8.20. The summed E-state index contributed by atoms with van der Waals surface area (Å²) in [7, 11) is -5.96. The zero-order chi connectivity index (χ0) is 14.0. The van der Waals surface area contributed by atoms with E-state index in [0.29, 0.717) is 12.1 Å². The first-order valence-corrected chi connectivity index (χ1v) is 6.19. The number of hydrogen-bond donors (Lipinski definition) is 0. The van der Waals surface area contributed by atoms with Crippen LogP contribution in [0.1, 0.15) is 17.3 Å². The van der Waals surface area contributed by atoms with Gasteiger partial charge in [-0.05, 0) is 25.1 Å². The van der Waals surface area contributed by atoms with E-state index in [2.05, 4.69) is 4.74 Å². The summed E-state index contributed by atoms with van der Waals surface area (Å²) < 4.78 is 67.2. The summed E-state index contributed by atoms with van der Waals surface area (Å²) >= 11 is 0. The summed E-state index contributed by atoms with van der Waals surface area (Å²) in [6.45, 7) is 1.50. The summed E-state index contributed by atoms with van der Waals surface area (Å²) in [5.41, 5.74) is -5.95. The number of rotatable bonds is 3. The molecule has 1 aromatic carbocycles. The highest BCUT2D eigenvalue weighted by molar-refractivity contribution is 8.26. The minimum Gasteiger partial charge on any atom is -0.462 e. The molecule has 0 atom stereocenters. The van der Waals surface area contributed by atoms with Crippen LogP contribution >= 0.6 is 10.8 Å². The quantitative estimate of drug-likeness (QED) is 0.611. The van der Waals surface area contributed by atoms with E-state index in [9.17, 15) is 25.7 Å². The van der Waals surface area contributed by atoms with Gasteiger partial charge >= 0.3 is 11.5 Å². The van der Waals surface area contributed by atoms with Crippen molar-refractivity contribution in [3.63, 3.8) is 0 Å². The minimum absolute atomic E-state index is 0.00554. The molecule has 0 fully saturated rings. The molecule has 0 aliphatic carbocycles. The maximum atomic E-state index is 13.1. The number of benzene rings is 1. The van der Waals surface area contributed by atoms with Crippen molar-refractivity contribution >= 4 is 16.8 Å². The van der Waals surface area contributed by atoms with Gasteiger partial charge in [-0.2, -0.15) is 13.2 Å². The predicted octanol–water partition coefficient (Wildman–Crippen LogP) is 4.32. The Balaban J connectivity index is 3.13. The molecule has 0 spiro atoms. The van der Waals surface area contributed by atoms with Gasteiger partial charge in [0.05, 0.1) is 17.1 Å². The summed E-state index contributed by atoms with van der Waals surface area (Å²) in [6.07, 6.45) is 0. The standard InChI is InChI=1S/C10H9F5O2S/c1-2-17-9(16)7-4-3-5-8(6-7)18(14,15)10(11,12)13/h3-6H,2H2,1H3. The Morgan fingerprint density at radius 3 is 2.44 bits per heavy atom. The third-order valence-corrected chi connectivity index (χ3v) is 3.36. The van der Waals surface area contributed by atoms with Crippen LogP contribution in [0.4, 0.5) is 20.9 Å². The van der Waals surface area contributed by atoms with E-state index in [-0.39, 0.29) is 12.2 Å². The first kappa shape index (κ1) is 14.7. The van der Waals surface area contributed by atoms with Gasteiger partial charge in [0.15, 0.2) is 10.8 Å². The van der Waals surface area contributed by atoms with Gasteiger partial charge in [0, 0.05) is 0 Å². The second-order valence-electron chi connectivity index (χ2n) is 3.16. The van der Waals surface area contributed by atoms with E-state index in [4.69, 9.17) is 0 Å². The molecule has 0 aromatic heterocycles. The molecule has 0 aliphatic rings. The summed E-state index contributed by atoms with van der Waals surface area (Å²) in [5.74, 6) is -0.934. The number of hydrogen-bond acceptors (Lipinski definition) is 2. The fourth-order valence-electron chi connectivity index (χ4n) is 1.13. The van der Waals surface area contributed by atoms with Crippen LogP contribution in [0.25, 0.3) is 0 Å². The molecule has 1 rings (SSSR count). The lowest BCUT2D eigenvalue weighted by Gasteiger charge is -2.23. The van der Waals surface area contributed by atoms with Crippen LogP contribution in [0.5, 0.6) is 0 Å². The van der Waals surface area contributed by atoms with Crippen LogP contribution in [0.2, 0.25) is 0 Å². The minimum atomic E-state index is -5.96. The number of carbonyl (C=O) groups is 1. The number of alkyl halides is 3. The average Bonchev–Trinajstić information content (AvgIpc) is 2.28. The molecule has 18 heavy (non-hydrogen) atoms. The fraction of sp³-hybridized carbons (Fsp3) is 0.300. The lowest BCUT2D eigenvalue weighted by Crippen LogP contribution is -2.13. The second kappa shape index (κ2) is 5.13. The lowest BCUT2D eigenvalue weighted by atomic mass is 10.2. The zero-order valence-corrected chi connectivity index (χ0v) is 9.95. The molecule has 0 saturated heterocycles. The van der Waals surface area contributed by atoms with Gasteiger partial charge in [-0.3, -0.25) is 0 Å². The van der Waals surface area contributed by atoms with Crippen LogP contribution in [0, 0.1) is 0 Å². The highest BCUT2D eigenvalue weighted by Gasteiger charge is 2.54.